The Morgan fingerprint density at radius 1 is 1.11 bits per heavy atom. The van der Waals surface area contributed by atoms with Crippen LogP contribution in [0.2, 0.25) is 0 Å². The number of amides is 3. The van der Waals surface area contributed by atoms with Crippen molar-refractivity contribution in [3.8, 4) is 0 Å². The molecule has 0 bridgehead atoms. The minimum atomic E-state index is -0.117. The molecule has 1 aliphatic carbocycles. The van der Waals surface area contributed by atoms with E-state index in [2.05, 4.69) is 28.2 Å². The second kappa shape index (κ2) is 13.4. The average Bonchev–Trinajstić information content (AvgIpc) is 2.65. The molecule has 1 saturated carbocycles. The minimum absolute atomic E-state index is 0. The lowest BCUT2D eigenvalue weighted by molar-refractivity contribution is -0.116. The zero-order valence-corrected chi connectivity index (χ0v) is 17.0. The molecule has 1 aliphatic rings. The van der Waals surface area contributed by atoms with Crippen molar-refractivity contribution < 1.29 is 9.59 Å². The van der Waals surface area contributed by atoms with Crippen molar-refractivity contribution in [2.45, 2.75) is 64.5 Å². The highest BCUT2D eigenvalue weighted by Gasteiger charge is 2.15. The Hall–Kier alpha value is -1.79. The van der Waals surface area contributed by atoms with Crippen LogP contribution in [0.25, 0.3) is 0 Å². The highest BCUT2D eigenvalue weighted by molar-refractivity contribution is 5.91. The summed E-state index contributed by atoms with van der Waals surface area (Å²) in [7, 11) is 0. The zero-order valence-electron chi connectivity index (χ0n) is 16.2. The number of benzene rings is 1. The van der Waals surface area contributed by atoms with Gasteiger partial charge in [0.15, 0.2) is 0 Å². The second-order valence-corrected chi connectivity index (χ2v) is 6.82. The Morgan fingerprint density at radius 2 is 1.85 bits per heavy atom. The number of halogens is 1. The first-order chi connectivity index (χ1) is 12.7. The topological polar surface area (TPSA) is 82.3 Å². The smallest absolute Gasteiger partial charge is 0.315 e. The molecule has 0 radical (unpaired) electrons. The SMILES string of the molecule is CCNCc1ccccc1NC(=O)CCCNC(=O)NC1CCCCC1.Cl. The first-order valence-electron chi connectivity index (χ1n) is 9.82. The van der Waals surface area contributed by atoms with Crippen LogP contribution in [0.15, 0.2) is 24.3 Å². The molecule has 152 valence electrons. The van der Waals surface area contributed by atoms with Crippen molar-refractivity contribution in [1.82, 2.24) is 16.0 Å². The molecule has 27 heavy (non-hydrogen) atoms. The molecule has 0 aromatic heterocycles. The lowest BCUT2D eigenvalue weighted by Gasteiger charge is -2.22. The molecule has 0 unspecified atom stereocenters. The van der Waals surface area contributed by atoms with Crippen molar-refractivity contribution in [2.75, 3.05) is 18.4 Å². The third-order valence-corrected chi connectivity index (χ3v) is 4.66. The van der Waals surface area contributed by atoms with Crippen LogP contribution in [-0.2, 0) is 11.3 Å². The molecule has 0 heterocycles. The van der Waals surface area contributed by atoms with Crippen molar-refractivity contribution in [3.63, 3.8) is 0 Å². The first-order valence-corrected chi connectivity index (χ1v) is 9.82. The fourth-order valence-electron chi connectivity index (χ4n) is 3.20. The van der Waals surface area contributed by atoms with Crippen molar-refractivity contribution in [2.24, 2.45) is 0 Å². The fraction of sp³-hybridized carbons (Fsp3) is 0.600. The third-order valence-electron chi connectivity index (χ3n) is 4.66. The van der Waals surface area contributed by atoms with Gasteiger partial charge in [0.1, 0.15) is 0 Å². The average molecular weight is 397 g/mol. The van der Waals surface area contributed by atoms with Gasteiger partial charge in [-0.2, -0.15) is 0 Å². The van der Waals surface area contributed by atoms with Crippen LogP contribution in [0.3, 0.4) is 0 Å². The summed E-state index contributed by atoms with van der Waals surface area (Å²) in [6.45, 7) is 4.18. The normalized spacial score (nSPS) is 14.1. The molecule has 0 aliphatic heterocycles. The molecule has 0 spiro atoms. The molecule has 6 nitrogen and oxygen atoms in total. The Labute approximate surface area is 168 Å². The zero-order chi connectivity index (χ0) is 18.6. The quantitative estimate of drug-likeness (QED) is 0.481. The van der Waals surface area contributed by atoms with Crippen LogP contribution < -0.4 is 21.3 Å². The van der Waals surface area contributed by atoms with Gasteiger partial charge in [-0.3, -0.25) is 4.79 Å². The number of para-hydroxylation sites is 1. The highest BCUT2D eigenvalue weighted by Crippen LogP contribution is 2.17. The first kappa shape index (κ1) is 23.2. The molecular weight excluding hydrogens is 364 g/mol. The van der Waals surface area contributed by atoms with Crippen LogP contribution in [-0.4, -0.2) is 31.1 Å². The van der Waals surface area contributed by atoms with E-state index in [1.807, 2.05) is 24.3 Å². The maximum Gasteiger partial charge on any atom is 0.315 e. The summed E-state index contributed by atoms with van der Waals surface area (Å²) in [5.74, 6) is -0.0246. The standard InChI is InChI=1S/C20H32N4O2.ClH/c1-2-21-15-16-9-6-7-12-18(16)24-19(25)13-8-14-22-20(26)23-17-10-4-3-5-11-17;/h6-7,9,12,17,21H,2-5,8,10-11,13-15H2,1H3,(H,24,25)(H2,22,23,26);1H. The number of anilines is 1. The molecule has 2 rings (SSSR count). The maximum absolute atomic E-state index is 12.1. The Balaban J connectivity index is 0.00000364. The summed E-state index contributed by atoms with van der Waals surface area (Å²) in [6.07, 6.45) is 6.82. The molecular formula is C20H33ClN4O2. The largest absolute Gasteiger partial charge is 0.338 e. The monoisotopic (exact) mass is 396 g/mol. The van der Waals surface area contributed by atoms with E-state index in [1.54, 1.807) is 0 Å². The van der Waals surface area contributed by atoms with Crippen molar-refractivity contribution in [3.05, 3.63) is 29.8 Å². The van der Waals surface area contributed by atoms with Gasteiger partial charge >= 0.3 is 6.03 Å². The van der Waals surface area contributed by atoms with Crippen molar-refractivity contribution in [1.29, 1.82) is 0 Å². The van der Waals surface area contributed by atoms with E-state index in [0.717, 1.165) is 37.2 Å². The summed E-state index contributed by atoms with van der Waals surface area (Å²) in [6, 6.07) is 8.00. The van der Waals surface area contributed by atoms with E-state index in [1.165, 1.54) is 19.3 Å². The van der Waals surface area contributed by atoms with Gasteiger partial charge < -0.3 is 21.3 Å². The third kappa shape index (κ3) is 9.11. The molecule has 4 N–H and O–H groups in total. The summed E-state index contributed by atoms with van der Waals surface area (Å²) in [5.41, 5.74) is 1.93. The summed E-state index contributed by atoms with van der Waals surface area (Å²) in [4.78, 5) is 24.0. The molecule has 1 aromatic carbocycles. The van der Waals surface area contributed by atoms with Gasteiger partial charge in [-0.15, -0.1) is 12.4 Å². The van der Waals surface area contributed by atoms with Crippen LogP contribution in [0.4, 0.5) is 10.5 Å². The summed E-state index contributed by atoms with van der Waals surface area (Å²) >= 11 is 0. The Kier molecular flexibility index (Phi) is 11.5. The maximum atomic E-state index is 12.1. The van der Waals surface area contributed by atoms with E-state index in [-0.39, 0.29) is 24.3 Å². The lowest BCUT2D eigenvalue weighted by atomic mass is 9.96. The number of hydrogen-bond acceptors (Lipinski definition) is 3. The molecule has 0 saturated heterocycles. The summed E-state index contributed by atoms with van der Waals surface area (Å²) < 4.78 is 0. The van der Waals surface area contributed by atoms with E-state index in [4.69, 9.17) is 0 Å². The van der Waals surface area contributed by atoms with Gasteiger partial charge in [-0.25, -0.2) is 4.79 Å². The van der Waals surface area contributed by atoms with Crippen LogP contribution in [0.5, 0.6) is 0 Å². The number of nitrogens with one attached hydrogen (secondary N) is 4. The van der Waals surface area contributed by atoms with E-state index in [0.29, 0.717) is 25.4 Å². The van der Waals surface area contributed by atoms with E-state index >= 15 is 0 Å². The number of carbonyl (C=O) groups is 2. The Morgan fingerprint density at radius 3 is 2.59 bits per heavy atom. The van der Waals surface area contributed by atoms with Gasteiger partial charge in [-0.1, -0.05) is 44.4 Å². The number of hydrogen-bond donors (Lipinski definition) is 4. The predicted molar refractivity (Wildman–Crippen MR) is 112 cm³/mol. The van der Waals surface area contributed by atoms with Crippen LogP contribution >= 0.6 is 12.4 Å². The predicted octanol–water partition coefficient (Wildman–Crippen LogP) is 3.57. The number of rotatable bonds is 9. The van der Waals surface area contributed by atoms with Gasteiger partial charge in [0.25, 0.3) is 0 Å². The second-order valence-electron chi connectivity index (χ2n) is 6.82. The minimum Gasteiger partial charge on any atom is -0.338 e. The lowest BCUT2D eigenvalue weighted by Crippen LogP contribution is -2.43. The van der Waals surface area contributed by atoms with Gasteiger partial charge in [-0.05, 0) is 37.4 Å². The van der Waals surface area contributed by atoms with Gasteiger partial charge in [0, 0.05) is 31.2 Å². The van der Waals surface area contributed by atoms with Gasteiger partial charge in [0.05, 0.1) is 0 Å². The fourth-order valence-corrected chi connectivity index (χ4v) is 3.20. The number of urea groups is 1. The Bertz CT molecular complexity index is 577. The van der Waals surface area contributed by atoms with E-state index in [9.17, 15) is 9.59 Å². The molecule has 3 amide bonds. The van der Waals surface area contributed by atoms with Crippen molar-refractivity contribution >= 4 is 30.0 Å². The van der Waals surface area contributed by atoms with Gasteiger partial charge in [0.2, 0.25) is 5.91 Å². The molecule has 1 fully saturated rings. The highest BCUT2D eigenvalue weighted by atomic mass is 35.5. The number of carbonyl (C=O) groups excluding carboxylic acids is 2. The summed E-state index contributed by atoms with van der Waals surface area (Å²) in [5, 5.41) is 12.1. The molecule has 1 aromatic rings. The van der Waals surface area contributed by atoms with E-state index < -0.39 is 0 Å². The van der Waals surface area contributed by atoms with Crippen LogP contribution in [0, 0.1) is 0 Å². The van der Waals surface area contributed by atoms with Crippen LogP contribution in [0.1, 0.15) is 57.4 Å². The molecule has 0 atom stereocenters. The molecule has 7 heteroatoms.